The summed E-state index contributed by atoms with van der Waals surface area (Å²) in [5.41, 5.74) is 1.32. The highest BCUT2D eigenvalue weighted by molar-refractivity contribution is 6.07. The Labute approximate surface area is 139 Å². The van der Waals surface area contributed by atoms with Gasteiger partial charge in [0.1, 0.15) is 5.82 Å². The molecule has 0 spiro atoms. The van der Waals surface area contributed by atoms with Crippen LogP contribution in [0.4, 0.5) is 10.1 Å². The van der Waals surface area contributed by atoms with E-state index in [9.17, 15) is 14.0 Å². The SMILES string of the molecule is C=CCNC(=O)c1ccccc1NC(=O)/C=C/c1cccc(F)c1. The van der Waals surface area contributed by atoms with Crippen LogP contribution < -0.4 is 10.6 Å². The van der Waals surface area contributed by atoms with Gasteiger partial charge in [0.25, 0.3) is 5.91 Å². The van der Waals surface area contributed by atoms with Crippen molar-refractivity contribution in [3.63, 3.8) is 0 Å². The average Bonchev–Trinajstić information content (AvgIpc) is 2.58. The van der Waals surface area contributed by atoms with Crippen LogP contribution in [0.25, 0.3) is 6.08 Å². The average molecular weight is 324 g/mol. The Morgan fingerprint density at radius 3 is 2.67 bits per heavy atom. The van der Waals surface area contributed by atoms with Gasteiger partial charge in [-0.25, -0.2) is 4.39 Å². The third-order valence-electron chi connectivity index (χ3n) is 3.11. The molecule has 4 nitrogen and oxygen atoms in total. The zero-order chi connectivity index (χ0) is 17.4. The highest BCUT2D eigenvalue weighted by atomic mass is 19.1. The fraction of sp³-hybridized carbons (Fsp3) is 0.0526. The molecule has 2 aromatic rings. The van der Waals surface area contributed by atoms with Gasteiger partial charge >= 0.3 is 0 Å². The Kier molecular flexibility index (Phi) is 6.02. The summed E-state index contributed by atoms with van der Waals surface area (Å²) >= 11 is 0. The van der Waals surface area contributed by atoms with Crippen molar-refractivity contribution in [3.05, 3.63) is 84.2 Å². The lowest BCUT2D eigenvalue weighted by atomic mass is 10.1. The molecule has 0 saturated carbocycles. The van der Waals surface area contributed by atoms with E-state index in [-0.39, 0.29) is 11.7 Å². The molecule has 0 aliphatic rings. The number of benzene rings is 2. The summed E-state index contributed by atoms with van der Waals surface area (Å²) in [6, 6.07) is 12.6. The summed E-state index contributed by atoms with van der Waals surface area (Å²) in [7, 11) is 0. The molecule has 2 N–H and O–H groups in total. The summed E-state index contributed by atoms with van der Waals surface area (Å²) < 4.78 is 13.1. The lowest BCUT2D eigenvalue weighted by Gasteiger charge is -2.09. The van der Waals surface area contributed by atoms with Crippen molar-refractivity contribution in [3.8, 4) is 0 Å². The Balaban J connectivity index is 2.09. The van der Waals surface area contributed by atoms with E-state index in [0.717, 1.165) is 0 Å². The summed E-state index contributed by atoms with van der Waals surface area (Å²) in [5.74, 6) is -1.09. The number of carbonyl (C=O) groups excluding carboxylic acids is 2. The molecule has 0 heterocycles. The standard InChI is InChI=1S/C19H17FN2O2/c1-2-12-21-19(24)16-8-3-4-9-17(16)22-18(23)11-10-14-6-5-7-15(20)13-14/h2-11,13H,1,12H2,(H,21,24)(H,22,23)/b11-10+. The van der Waals surface area contributed by atoms with E-state index in [1.807, 2.05) is 0 Å². The number of hydrogen-bond donors (Lipinski definition) is 2. The van der Waals surface area contributed by atoms with Crippen molar-refractivity contribution < 1.29 is 14.0 Å². The maximum Gasteiger partial charge on any atom is 0.253 e. The minimum absolute atomic E-state index is 0.306. The van der Waals surface area contributed by atoms with Gasteiger partial charge in [0, 0.05) is 12.6 Å². The molecule has 0 bridgehead atoms. The second-order valence-electron chi connectivity index (χ2n) is 4.92. The molecule has 122 valence electrons. The second-order valence-corrected chi connectivity index (χ2v) is 4.92. The van der Waals surface area contributed by atoms with Gasteiger partial charge in [-0.15, -0.1) is 6.58 Å². The van der Waals surface area contributed by atoms with E-state index < -0.39 is 5.91 Å². The molecule has 0 aliphatic carbocycles. The molecule has 0 aliphatic heterocycles. The van der Waals surface area contributed by atoms with Crippen LogP contribution in [-0.4, -0.2) is 18.4 Å². The molecule has 0 saturated heterocycles. The largest absolute Gasteiger partial charge is 0.349 e. The number of halogens is 1. The van der Waals surface area contributed by atoms with E-state index in [1.165, 1.54) is 24.3 Å². The summed E-state index contributed by atoms with van der Waals surface area (Å²) in [4.78, 5) is 24.1. The number of carbonyl (C=O) groups is 2. The third kappa shape index (κ3) is 4.91. The van der Waals surface area contributed by atoms with Gasteiger partial charge in [-0.1, -0.05) is 30.3 Å². The van der Waals surface area contributed by atoms with Gasteiger partial charge < -0.3 is 10.6 Å². The lowest BCUT2D eigenvalue weighted by Crippen LogP contribution is -2.24. The van der Waals surface area contributed by atoms with Gasteiger partial charge in [0.2, 0.25) is 5.91 Å². The molecule has 2 amide bonds. The predicted molar refractivity (Wildman–Crippen MR) is 93.0 cm³/mol. The van der Waals surface area contributed by atoms with E-state index in [4.69, 9.17) is 0 Å². The second kappa shape index (κ2) is 8.43. The minimum atomic E-state index is -0.414. The van der Waals surface area contributed by atoms with Crippen molar-refractivity contribution in [2.45, 2.75) is 0 Å². The van der Waals surface area contributed by atoms with E-state index in [2.05, 4.69) is 17.2 Å². The van der Waals surface area contributed by atoms with Crippen LogP contribution in [-0.2, 0) is 4.79 Å². The first kappa shape index (κ1) is 17.1. The van der Waals surface area contributed by atoms with Crippen LogP contribution in [0.15, 0.2) is 67.3 Å². The number of amides is 2. The van der Waals surface area contributed by atoms with Gasteiger partial charge in [-0.05, 0) is 35.9 Å². The Hall–Kier alpha value is -3.21. The molecule has 24 heavy (non-hydrogen) atoms. The number of para-hydroxylation sites is 1. The number of rotatable bonds is 6. The zero-order valence-electron chi connectivity index (χ0n) is 13.0. The number of hydrogen-bond acceptors (Lipinski definition) is 2. The van der Waals surface area contributed by atoms with E-state index in [0.29, 0.717) is 23.4 Å². The molecule has 0 aromatic heterocycles. The minimum Gasteiger partial charge on any atom is -0.349 e. The van der Waals surface area contributed by atoms with Crippen molar-refractivity contribution in [1.82, 2.24) is 5.32 Å². The molecule has 0 unspecified atom stereocenters. The van der Waals surface area contributed by atoms with Crippen LogP contribution in [0.1, 0.15) is 15.9 Å². The molecular formula is C19H17FN2O2. The molecule has 0 atom stereocenters. The topological polar surface area (TPSA) is 58.2 Å². The lowest BCUT2D eigenvalue weighted by molar-refractivity contribution is -0.111. The molecular weight excluding hydrogens is 307 g/mol. The highest BCUT2D eigenvalue weighted by Crippen LogP contribution is 2.15. The maximum atomic E-state index is 13.1. The summed E-state index contributed by atoms with van der Waals surface area (Å²) in [6.07, 6.45) is 4.35. The molecule has 0 radical (unpaired) electrons. The molecule has 2 rings (SSSR count). The van der Waals surface area contributed by atoms with Gasteiger partial charge in [-0.2, -0.15) is 0 Å². The maximum absolute atomic E-state index is 13.1. The van der Waals surface area contributed by atoms with Crippen molar-refractivity contribution in [2.75, 3.05) is 11.9 Å². The monoisotopic (exact) mass is 324 g/mol. The summed E-state index contributed by atoms with van der Waals surface area (Å²) in [5, 5.41) is 5.30. The van der Waals surface area contributed by atoms with Crippen LogP contribution in [0.3, 0.4) is 0 Å². The highest BCUT2D eigenvalue weighted by Gasteiger charge is 2.11. The Bertz CT molecular complexity index is 784. The van der Waals surface area contributed by atoms with Crippen LogP contribution in [0.5, 0.6) is 0 Å². The van der Waals surface area contributed by atoms with Crippen LogP contribution in [0, 0.1) is 5.82 Å². The molecule has 0 fully saturated rings. The Morgan fingerprint density at radius 1 is 1.12 bits per heavy atom. The van der Waals surface area contributed by atoms with Gasteiger partial charge in [-0.3, -0.25) is 9.59 Å². The van der Waals surface area contributed by atoms with Gasteiger partial charge in [0.05, 0.1) is 11.3 Å². The van der Waals surface area contributed by atoms with Crippen molar-refractivity contribution in [1.29, 1.82) is 0 Å². The smallest absolute Gasteiger partial charge is 0.253 e. The number of anilines is 1. The van der Waals surface area contributed by atoms with Crippen LogP contribution in [0.2, 0.25) is 0 Å². The Morgan fingerprint density at radius 2 is 1.92 bits per heavy atom. The quantitative estimate of drug-likeness (QED) is 0.632. The van der Waals surface area contributed by atoms with Crippen LogP contribution >= 0.6 is 0 Å². The fourth-order valence-electron chi connectivity index (χ4n) is 2.01. The van der Waals surface area contributed by atoms with Gasteiger partial charge in [0.15, 0.2) is 0 Å². The summed E-state index contributed by atoms with van der Waals surface area (Å²) in [6.45, 7) is 3.87. The first-order valence-electron chi connectivity index (χ1n) is 7.33. The van der Waals surface area contributed by atoms with E-state index >= 15 is 0 Å². The van der Waals surface area contributed by atoms with E-state index in [1.54, 1.807) is 42.5 Å². The first-order valence-corrected chi connectivity index (χ1v) is 7.33. The molecule has 2 aromatic carbocycles. The zero-order valence-corrected chi connectivity index (χ0v) is 13.0. The fourth-order valence-corrected chi connectivity index (χ4v) is 2.01. The predicted octanol–water partition coefficient (Wildman–Crippen LogP) is 3.39. The first-order chi connectivity index (χ1) is 11.6. The third-order valence-corrected chi connectivity index (χ3v) is 3.11. The van der Waals surface area contributed by atoms with Crippen molar-refractivity contribution in [2.24, 2.45) is 0 Å². The normalized spacial score (nSPS) is 10.4. The molecule has 5 heteroatoms. The number of nitrogens with one attached hydrogen (secondary N) is 2. The van der Waals surface area contributed by atoms with Crippen molar-refractivity contribution >= 4 is 23.6 Å².